The van der Waals surface area contributed by atoms with Crippen LogP contribution in [0.5, 0.6) is 0 Å². The van der Waals surface area contributed by atoms with E-state index in [0.29, 0.717) is 20.0 Å². The minimum atomic E-state index is -0.224. The quantitative estimate of drug-likeness (QED) is 0.512. The molecule has 0 bridgehead atoms. The van der Waals surface area contributed by atoms with E-state index < -0.39 is 0 Å². The van der Waals surface area contributed by atoms with Crippen molar-refractivity contribution in [2.45, 2.75) is 4.90 Å². The molecule has 2 aromatic carbocycles. The van der Waals surface area contributed by atoms with E-state index in [0.717, 1.165) is 21.3 Å². The highest BCUT2D eigenvalue weighted by atomic mass is 32.2. The first-order valence-corrected chi connectivity index (χ1v) is 11.6. The van der Waals surface area contributed by atoms with Gasteiger partial charge in [0.15, 0.2) is 5.11 Å². The molecule has 0 spiro atoms. The van der Waals surface area contributed by atoms with Crippen LogP contribution in [-0.4, -0.2) is 34.6 Å². The van der Waals surface area contributed by atoms with Gasteiger partial charge in [0.1, 0.15) is 19.9 Å². The molecule has 0 saturated carbocycles. The number of hydrogen-bond donors (Lipinski definition) is 0. The number of nitrogens with zero attached hydrogens (tertiary/aromatic N) is 4. The van der Waals surface area contributed by atoms with Gasteiger partial charge in [0.25, 0.3) is 11.5 Å². The Morgan fingerprint density at radius 3 is 2.26 bits per heavy atom. The Morgan fingerprint density at radius 2 is 1.55 bits per heavy atom. The van der Waals surface area contributed by atoms with Crippen LogP contribution in [0.4, 0.5) is 11.4 Å². The average Bonchev–Trinajstić information content (AvgIpc) is 3.35. The number of amides is 1. The number of hydrogen-bond acceptors (Lipinski definition) is 6. The number of thioether (sulfide) groups is 1. The van der Waals surface area contributed by atoms with Crippen molar-refractivity contribution in [3.63, 3.8) is 0 Å². The van der Waals surface area contributed by atoms with Crippen LogP contribution in [0, 0.1) is 0 Å². The van der Waals surface area contributed by atoms with Gasteiger partial charge in [0.05, 0.1) is 5.69 Å². The molecule has 0 N–H and O–H groups in total. The van der Waals surface area contributed by atoms with E-state index >= 15 is 0 Å². The van der Waals surface area contributed by atoms with E-state index in [1.807, 2.05) is 66.5 Å². The van der Waals surface area contributed by atoms with E-state index in [4.69, 9.17) is 12.2 Å². The standard InChI is InChI=1S/C22H18N4O2S3/c1-23-14-11-7-8-12-15(14)30-21(23)17-19(28)24(2)20(31-17)16-18(27)25(3)22(29)26(16)13-9-5-4-6-10-13/h4-12H,1-3H3. The molecule has 0 aliphatic carbocycles. The Kier molecular flexibility index (Phi) is 4.76. The summed E-state index contributed by atoms with van der Waals surface area (Å²) in [5.74, 6) is -0.224. The summed E-state index contributed by atoms with van der Waals surface area (Å²) in [6, 6.07) is 17.6. The maximum atomic E-state index is 13.3. The number of fused-ring (bicyclic) bond motifs is 1. The minimum Gasteiger partial charge on any atom is -0.337 e. The van der Waals surface area contributed by atoms with Gasteiger partial charge in [-0.25, -0.2) is 0 Å². The smallest absolute Gasteiger partial charge is 0.279 e. The number of benzene rings is 2. The summed E-state index contributed by atoms with van der Waals surface area (Å²) >= 11 is 8.46. The third-order valence-corrected chi connectivity index (χ3v) is 8.42. The Balaban J connectivity index is 1.80. The van der Waals surface area contributed by atoms with E-state index in [1.54, 1.807) is 35.3 Å². The van der Waals surface area contributed by atoms with Crippen molar-refractivity contribution in [3.05, 3.63) is 74.1 Å². The molecule has 3 heterocycles. The van der Waals surface area contributed by atoms with E-state index in [1.165, 1.54) is 16.2 Å². The van der Waals surface area contributed by atoms with Crippen molar-refractivity contribution >= 4 is 68.4 Å². The van der Waals surface area contributed by atoms with Crippen LogP contribution < -0.4 is 24.6 Å². The molecule has 6 nitrogen and oxygen atoms in total. The fourth-order valence-electron chi connectivity index (χ4n) is 3.69. The summed E-state index contributed by atoms with van der Waals surface area (Å²) in [5.41, 5.74) is 2.13. The van der Waals surface area contributed by atoms with Crippen molar-refractivity contribution in [1.29, 1.82) is 0 Å². The number of aromatic nitrogens is 1. The summed E-state index contributed by atoms with van der Waals surface area (Å²) < 4.78 is 2.74. The van der Waals surface area contributed by atoms with Gasteiger partial charge in [-0.05, 0) is 36.5 Å². The van der Waals surface area contributed by atoms with Crippen LogP contribution in [0.15, 0.2) is 64.3 Å². The Bertz CT molecular complexity index is 1420. The van der Waals surface area contributed by atoms with Crippen molar-refractivity contribution in [2.75, 3.05) is 23.9 Å². The molecule has 3 aromatic rings. The van der Waals surface area contributed by atoms with Gasteiger partial charge in [-0.15, -0.1) is 11.3 Å². The lowest BCUT2D eigenvalue weighted by Crippen LogP contribution is -2.34. The van der Waals surface area contributed by atoms with Crippen LogP contribution >= 0.6 is 35.3 Å². The molecule has 2 aliphatic heterocycles. The SMILES string of the molecule is CN1C(=O)C(=c2sc(=C3Sc4ccccc4N3C)c(=O)n2C)N(c2ccccc2)C1=S. The lowest BCUT2D eigenvalue weighted by molar-refractivity contribution is -0.119. The third kappa shape index (κ3) is 2.95. The minimum absolute atomic E-state index is 0.129. The zero-order valence-electron chi connectivity index (χ0n) is 17.0. The number of rotatable bonds is 1. The number of thiocarbonyl (C=S) groups is 1. The van der Waals surface area contributed by atoms with Crippen LogP contribution in [-0.2, 0) is 11.8 Å². The van der Waals surface area contributed by atoms with Crippen molar-refractivity contribution < 1.29 is 4.79 Å². The van der Waals surface area contributed by atoms with Gasteiger partial charge < -0.3 is 9.47 Å². The van der Waals surface area contributed by atoms with Crippen molar-refractivity contribution in [2.24, 2.45) is 7.05 Å². The lowest BCUT2D eigenvalue weighted by Gasteiger charge is -2.18. The second-order valence-electron chi connectivity index (χ2n) is 7.20. The zero-order valence-corrected chi connectivity index (χ0v) is 19.5. The molecule has 9 heteroatoms. The second-order valence-corrected chi connectivity index (χ2v) is 9.60. The molecule has 156 valence electrons. The van der Waals surface area contributed by atoms with Gasteiger partial charge in [-0.1, -0.05) is 42.1 Å². The summed E-state index contributed by atoms with van der Waals surface area (Å²) in [4.78, 5) is 32.8. The fourth-order valence-corrected chi connectivity index (χ4v) is 6.43. The molecule has 0 unspecified atom stereocenters. The van der Waals surface area contributed by atoms with Gasteiger partial charge in [0, 0.05) is 31.7 Å². The van der Waals surface area contributed by atoms with Crippen LogP contribution in [0.2, 0.25) is 0 Å². The lowest BCUT2D eigenvalue weighted by atomic mass is 10.3. The molecule has 31 heavy (non-hydrogen) atoms. The zero-order chi connectivity index (χ0) is 21.9. The van der Waals surface area contributed by atoms with Crippen molar-refractivity contribution in [3.8, 4) is 0 Å². The second kappa shape index (κ2) is 7.37. The van der Waals surface area contributed by atoms with E-state index in [2.05, 4.69) is 0 Å². The normalized spacial score (nSPS) is 19.5. The van der Waals surface area contributed by atoms with Crippen LogP contribution in [0.25, 0.3) is 10.7 Å². The van der Waals surface area contributed by atoms with E-state index in [-0.39, 0.29) is 11.5 Å². The molecule has 1 aromatic heterocycles. The van der Waals surface area contributed by atoms with Gasteiger partial charge in [-0.2, -0.15) is 0 Å². The predicted octanol–water partition coefficient (Wildman–Crippen LogP) is 2.13. The highest BCUT2D eigenvalue weighted by Crippen LogP contribution is 2.44. The maximum Gasteiger partial charge on any atom is 0.279 e. The Labute approximate surface area is 192 Å². The summed E-state index contributed by atoms with van der Waals surface area (Å²) in [6.45, 7) is 0. The molecular formula is C22H18N4O2S3. The molecular weight excluding hydrogens is 448 g/mol. The predicted molar refractivity (Wildman–Crippen MR) is 131 cm³/mol. The first-order chi connectivity index (χ1) is 14.9. The first kappa shape index (κ1) is 20.0. The molecule has 0 atom stereocenters. The van der Waals surface area contributed by atoms with Gasteiger partial charge >= 0.3 is 0 Å². The Hall–Kier alpha value is -2.88. The molecule has 1 amide bonds. The molecule has 1 fully saturated rings. The average molecular weight is 467 g/mol. The third-order valence-electron chi connectivity index (χ3n) is 5.36. The molecule has 1 saturated heterocycles. The van der Waals surface area contributed by atoms with Crippen molar-refractivity contribution in [1.82, 2.24) is 9.47 Å². The number of carbonyl (C=O) groups excluding carboxylic acids is 1. The summed E-state index contributed by atoms with van der Waals surface area (Å²) in [7, 11) is 5.32. The van der Waals surface area contributed by atoms with Gasteiger partial charge in [-0.3, -0.25) is 19.4 Å². The highest BCUT2D eigenvalue weighted by Gasteiger charge is 2.38. The van der Waals surface area contributed by atoms with Crippen LogP contribution in [0.1, 0.15) is 0 Å². The molecule has 5 rings (SSSR count). The topological polar surface area (TPSA) is 48.8 Å². The fraction of sp³-hybridized carbons (Fsp3) is 0.136. The number of carbonyl (C=O) groups is 1. The van der Waals surface area contributed by atoms with Crippen LogP contribution in [0.3, 0.4) is 0 Å². The Morgan fingerprint density at radius 1 is 0.871 bits per heavy atom. The number of likely N-dealkylation sites (N-methyl/N-ethyl adjacent to an activating group) is 1. The number of anilines is 2. The van der Waals surface area contributed by atoms with E-state index in [9.17, 15) is 9.59 Å². The molecule has 0 radical (unpaired) electrons. The molecule has 2 aliphatic rings. The largest absolute Gasteiger partial charge is 0.337 e. The summed E-state index contributed by atoms with van der Waals surface area (Å²) in [5, 5.41) is 1.26. The number of para-hydroxylation sites is 2. The highest BCUT2D eigenvalue weighted by molar-refractivity contribution is 8.08. The number of thiazole rings is 1. The van der Waals surface area contributed by atoms with Gasteiger partial charge in [0.2, 0.25) is 0 Å². The first-order valence-electron chi connectivity index (χ1n) is 9.52. The summed E-state index contributed by atoms with van der Waals surface area (Å²) in [6.07, 6.45) is 0. The monoisotopic (exact) mass is 466 g/mol. The maximum absolute atomic E-state index is 13.3.